The summed E-state index contributed by atoms with van der Waals surface area (Å²) in [5, 5.41) is 2.47. The molecule has 3 amide bonds. The lowest BCUT2D eigenvalue weighted by atomic mass is 10.1. The minimum Gasteiger partial charge on any atom is -0.488 e. The van der Waals surface area contributed by atoms with E-state index in [1.807, 2.05) is 43.3 Å². The highest BCUT2D eigenvalue weighted by Crippen LogP contribution is 2.35. The molecule has 0 saturated carbocycles. The highest BCUT2D eigenvalue weighted by atomic mass is 79.9. The maximum absolute atomic E-state index is 12.9. The lowest BCUT2D eigenvalue weighted by molar-refractivity contribution is -0.127. The molecule has 0 aliphatic carbocycles. The van der Waals surface area contributed by atoms with Gasteiger partial charge < -0.3 is 10.1 Å². The third-order valence-electron chi connectivity index (χ3n) is 5.06. The molecule has 0 spiro atoms. The molecular formula is C26H20BrClN2O4S. The van der Waals surface area contributed by atoms with Gasteiger partial charge in [-0.05, 0) is 60.7 Å². The molecule has 1 aliphatic rings. The van der Waals surface area contributed by atoms with Crippen molar-refractivity contribution in [3.63, 3.8) is 0 Å². The second kappa shape index (κ2) is 11.1. The van der Waals surface area contributed by atoms with Crippen molar-refractivity contribution in [1.29, 1.82) is 0 Å². The summed E-state index contributed by atoms with van der Waals surface area (Å²) in [6, 6.07) is 20.2. The lowest BCUT2D eigenvalue weighted by Gasteiger charge is -2.13. The van der Waals surface area contributed by atoms with Crippen LogP contribution in [0, 0.1) is 6.92 Å². The summed E-state index contributed by atoms with van der Waals surface area (Å²) in [4.78, 5) is 39.0. The molecular weight excluding hydrogens is 552 g/mol. The Hall–Kier alpha value is -3.07. The molecule has 1 heterocycles. The second-order valence-corrected chi connectivity index (χ2v) is 10.1. The van der Waals surface area contributed by atoms with Crippen LogP contribution in [0.15, 0.2) is 76.1 Å². The van der Waals surface area contributed by atoms with Gasteiger partial charge in [0.05, 0.1) is 15.6 Å². The van der Waals surface area contributed by atoms with Gasteiger partial charge in [0.15, 0.2) is 0 Å². The van der Waals surface area contributed by atoms with Gasteiger partial charge in [0.2, 0.25) is 5.91 Å². The number of nitrogens with one attached hydrogen (secondary N) is 1. The number of anilines is 1. The Morgan fingerprint density at radius 1 is 1.11 bits per heavy atom. The largest absolute Gasteiger partial charge is 0.488 e. The van der Waals surface area contributed by atoms with E-state index in [0.29, 0.717) is 28.6 Å². The van der Waals surface area contributed by atoms with Crippen LogP contribution < -0.4 is 10.1 Å². The number of hydrogen-bond donors (Lipinski definition) is 1. The Kier molecular flexibility index (Phi) is 7.95. The fraction of sp³-hybridized carbons (Fsp3) is 0.115. The number of benzene rings is 3. The number of para-hydroxylation sites is 1. The summed E-state index contributed by atoms with van der Waals surface area (Å²) in [6.45, 7) is 1.95. The van der Waals surface area contributed by atoms with Gasteiger partial charge >= 0.3 is 0 Å². The number of amides is 3. The van der Waals surface area contributed by atoms with Crippen LogP contribution in [0.1, 0.15) is 16.7 Å². The Morgan fingerprint density at radius 2 is 1.91 bits per heavy atom. The number of imide groups is 1. The fourth-order valence-corrected chi connectivity index (χ4v) is 4.79. The fourth-order valence-electron chi connectivity index (χ4n) is 3.40. The summed E-state index contributed by atoms with van der Waals surface area (Å²) in [6.07, 6.45) is 1.60. The van der Waals surface area contributed by atoms with Crippen LogP contribution in [0.4, 0.5) is 10.5 Å². The number of carbonyl (C=O) groups excluding carboxylic acids is 3. The molecule has 6 nitrogen and oxygen atoms in total. The highest BCUT2D eigenvalue weighted by Gasteiger charge is 2.36. The zero-order valence-electron chi connectivity index (χ0n) is 18.6. The molecule has 0 unspecified atom stereocenters. The first kappa shape index (κ1) is 25.0. The van der Waals surface area contributed by atoms with Gasteiger partial charge in [-0.2, -0.15) is 0 Å². The third kappa shape index (κ3) is 6.33. The van der Waals surface area contributed by atoms with Crippen LogP contribution in [0.2, 0.25) is 5.02 Å². The maximum Gasteiger partial charge on any atom is 0.294 e. The van der Waals surface area contributed by atoms with Crippen molar-refractivity contribution >= 4 is 68.1 Å². The number of hydrogen-bond acceptors (Lipinski definition) is 5. The Labute approximate surface area is 220 Å². The van der Waals surface area contributed by atoms with E-state index in [0.717, 1.165) is 32.3 Å². The van der Waals surface area contributed by atoms with E-state index in [4.69, 9.17) is 16.3 Å². The van der Waals surface area contributed by atoms with E-state index < -0.39 is 23.6 Å². The first-order chi connectivity index (χ1) is 16.8. The van der Waals surface area contributed by atoms with Crippen molar-refractivity contribution in [2.45, 2.75) is 13.5 Å². The highest BCUT2D eigenvalue weighted by molar-refractivity contribution is 9.10. The molecule has 178 valence electrons. The second-order valence-electron chi connectivity index (χ2n) is 7.76. The predicted octanol–water partition coefficient (Wildman–Crippen LogP) is 6.66. The molecule has 1 saturated heterocycles. The first-order valence-electron chi connectivity index (χ1n) is 10.6. The molecule has 3 aromatic carbocycles. The SMILES string of the molecule is Cc1cccc(COc2ccc(Br)cc2/C=C2/SC(=O)N(CC(=O)Nc3ccccc3Cl)C2=O)c1. The standard InChI is InChI=1S/C26H20BrClN2O4S/c1-16-5-4-6-17(11-16)15-34-22-10-9-19(27)12-18(22)13-23-25(32)30(26(33)35-23)14-24(31)29-21-8-3-2-7-20(21)28/h2-13H,14-15H2,1H3,(H,29,31)/b23-13+. The van der Waals surface area contributed by atoms with Crippen molar-refractivity contribution in [3.05, 3.63) is 97.8 Å². The van der Waals surface area contributed by atoms with E-state index >= 15 is 0 Å². The average Bonchev–Trinajstić information content (AvgIpc) is 3.07. The van der Waals surface area contributed by atoms with E-state index in [-0.39, 0.29) is 4.91 Å². The molecule has 1 fully saturated rings. The topological polar surface area (TPSA) is 75.7 Å². The first-order valence-corrected chi connectivity index (χ1v) is 12.6. The predicted molar refractivity (Wildman–Crippen MR) is 142 cm³/mol. The quantitative estimate of drug-likeness (QED) is 0.321. The molecule has 0 atom stereocenters. The van der Waals surface area contributed by atoms with Crippen molar-refractivity contribution in [1.82, 2.24) is 4.90 Å². The molecule has 0 radical (unpaired) electrons. The number of nitrogens with zero attached hydrogens (tertiary/aromatic N) is 1. The zero-order valence-corrected chi connectivity index (χ0v) is 21.7. The lowest BCUT2D eigenvalue weighted by Crippen LogP contribution is -2.36. The minimum atomic E-state index is -0.543. The Balaban J connectivity index is 1.49. The van der Waals surface area contributed by atoms with E-state index in [2.05, 4.69) is 21.2 Å². The van der Waals surface area contributed by atoms with Crippen molar-refractivity contribution in [2.24, 2.45) is 0 Å². The van der Waals surface area contributed by atoms with Crippen LogP contribution >= 0.6 is 39.3 Å². The van der Waals surface area contributed by atoms with Gasteiger partial charge in [0.25, 0.3) is 11.1 Å². The molecule has 1 aliphatic heterocycles. The normalized spacial score (nSPS) is 14.5. The monoisotopic (exact) mass is 570 g/mol. The molecule has 9 heteroatoms. The van der Waals surface area contributed by atoms with Crippen molar-refractivity contribution < 1.29 is 19.1 Å². The van der Waals surface area contributed by atoms with Crippen LogP contribution in [0.5, 0.6) is 5.75 Å². The van der Waals surface area contributed by atoms with Gasteiger partial charge in [0, 0.05) is 10.0 Å². The summed E-state index contributed by atoms with van der Waals surface area (Å²) in [5.74, 6) is -0.497. The molecule has 3 aromatic rings. The van der Waals surface area contributed by atoms with Crippen molar-refractivity contribution in [3.8, 4) is 5.75 Å². The van der Waals surface area contributed by atoms with E-state index in [9.17, 15) is 14.4 Å². The molecule has 1 N–H and O–H groups in total. The van der Waals surface area contributed by atoms with Crippen LogP contribution in [-0.4, -0.2) is 28.5 Å². The smallest absolute Gasteiger partial charge is 0.294 e. The summed E-state index contributed by atoms with van der Waals surface area (Å²) in [5.41, 5.74) is 3.20. The summed E-state index contributed by atoms with van der Waals surface area (Å²) in [7, 11) is 0. The third-order valence-corrected chi connectivity index (χ3v) is 6.79. The molecule has 0 bridgehead atoms. The minimum absolute atomic E-state index is 0.207. The number of thioether (sulfide) groups is 1. The number of rotatable bonds is 7. The average molecular weight is 572 g/mol. The maximum atomic E-state index is 12.9. The molecule has 4 rings (SSSR count). The van der Waals surface area contributed by atoms with Crippen LogP contribution in [0.25, 0.3) is 6.08 Å². The van der Waals surface area contributed by atoms with Gasteiger partial charge in [0.1, 0.15) is 18.9 Å². The number of ether oxygens (including phenoxy) is 1. The Bertz CT molecular complexity index is 1340. The van der Waals surface area contributed by atoms with Gasteiger partial charge in [-0.3, -0.25) is 19.3 Å². The van der Waals surface area contributed by atoms with Gasteiger partial charge in [-0.15, -0.1) is 0 Å². The number of carbonyl (C=O) groups is 3. The Morgan fingerprint density at radius 3 is 2.69 bits per heavy atom. The van der Waals surface area contributed by atoms with Crippen LogP contribution in [-0.2, 0) is 16.2 Å². The molecule has 35 heavy (non-hydrogen) atoms. The summed E-state index contributed by atoms with van der Waals surface area (Å²) < 4.78 is 6.81. The number of aryl methyl sites for hydroxylation is 1. The molecule has 0 aromatic heterocycles. The number of halogens is 2. The van der Waals surface area contributed by atoms with E-state index in [1.165, 1.54) is 0 Å². The van der Waals surface area contributed by atoms with Crippen molar-refractivity contribution in [2.75, 3.05) is 11.9 Å². The summed E-state index contributed by atoms with van der Waals surface area (Å²) >= 11 is 10.3. The van der Waals surface area contributed by atoms with Gasteiger partial charge in [-0.1, -0.05) is 69.5 Å². The van der Waals surface area contributed by atoms with Crippen LogP contribution in [0.3, 0.4) is 0 Å². The van der Waals surface area contributed by atoms with Gasteiger partial charge in [-0.25, -0.2) is 0 Å². The van der Waals surface area contributed by atoms with E-state index in [1.54, 1.807) is 36.4 Å². The zero-order chi connectivity index (χ0) is 24.9.